The summed E-state index contributed by atoms with van der Waals surface area (Å²) in [6.07, 6.45) is 8.32. The molecule has 1 aliphatic heterocycles. The van der Waals surface area contributed by atoms with Gasteiger partial charge in [-0.3, -0.25) is 0 Å². The molecule has 5 heteroatoms. The van der Waals surface area contributed by atoms with Crippen molar-refractivity contribution in [3.63, 3.8) is 0 Å². The molecule has 1 aliphatic carbocycles. The van der Waals surface area contributed by atoms with E-state index in [9.17, 15) is 5.11 Å². The summed E-state index contributed by atoms with van der Waals surface area (Å²) in [6, 6.07) is 2.06. The third-order valence-corrected chi connectivity index (χ3v) is 5.04. The summed E-state index contributed by atoms with van der Waals surface area (Å²) in [4.78, 5) is 11.7. The molecule has 2 fully saturated rings. The summed E-state index contributed by atoms with van der Waals surface area (Å²) in [5.41, 5.74) is 1.97. The average molecular weight is 304 g/mol. The van der Waals surface area contributed by atoms with E-state index in [1.54, 1.807) is 0 Å². The number of anilines is 1. The van der Waals surface area contributed by atoms with Gasteiger partial charge in [-0.1, -0.05) is 12.8 Å². The first kappa shape index (κ1) is 15.7. The van der Waals surface area contributed by atoms with Crippen molar-refractivity contribution >= 4 is 5.95 Å². The van der Waals surface area contributed by atoms with E-state index in [2.05, 4.69) is 21.3 Å². The van der Waals surface area contributed by atoms with Crippen LogP contribution in [0.3, 0.4) is 0 Å². The van der Waals surface area contributed by atoms with E-state index in [4.69, 9.17) is 4.98 Å². The van der Waals surface area contributed by atoms with Crippen molar-refractivity contribution in [3.05, 3.63) is 17.5 Å². The molecule has 1 aromatic heterocycles. The number of hydrogen-bond acceptors (Lipinski definition) is 5. The van der Waals surface area contributed by atoms with Crippen molar-refractivity contribution in [2.24, 2.45) is 0 Å². The topological polar surface area (TPSA) is 61.3 Å². The normalized spacial score (nSPS) is 21.3. The number of piperidine rings is 1. The van der Waals surface area contributed by atoms with E-state index in [1.807, 2.05) is 6.92 Å². The summed E-state index contributed by atoms with van der Waals surface area (Å²) in [7, 11) is 0. The quantitative estimate of drug-likeness (QED) is 0.873. The summed E-state index contributed by atoms with van der Waals surface area (Å²) >= 11 is 0. The molecule has 2 heterocycles. The number of nitrogens with zero attached hydrogens (tertiary/aromatic N) is 3. The lowest BCUT2D eigenvalue weighted by molar-refractivity contribution is 0.162. The number of aliphatic hydroxyl groups is 1. The second-order valence-corrected chi connectivity index (χ2v) is 6.85. The van der Waals surface area contributed by atoms with Gasteiger partial charge < -0.3 is 15.3 Å². The number of nitrogens with one attached hydrogen (secondary N) is 1. The molecule has 3 rings (SSSR count). The molecule has 1 saturated carbocycles. The van der Waals surface area contributed by atoms with Crippen LogP contribution in [-0.4, -0.2) is 40.3 Å². The Hall–Kier alpha value is -1.20. The first-order valence-electron chi connectivity index (χ1n) is 8.66. The second kappa shape index (κ2) is 6.92. The summed E-state index contributed by atoms with van der Waals surface area (Å²) in [5.74, 6) is 0.876. The minimum Gasteiger partial charge on any atom is -0.394 e. The number of rotatable bonds is 5. The Morgan fingerprint density at radius 1 is 1.14 bits per heavy atom. The van der Waals surface area contributed by atoms with Crippen LogP contribution in [-0.2, 0) is 6.54 Å². The summed E-state index contributed by atoms with van der Waals surface area (Å²) in [5, 5.41) is 13.3. The van der Waals surface area contributed by atoms with Crippen LogP contribution >= 0.6 is 0 Å². The molecule has 1 aromatic rings. The van der Waals surface area contributed by atoms with E-state index < -0.39 is 0 Å². The maximum atomic E-state index is 9.70. The predicted molar refractivity (Wildman–Crippen MR) is 88.0 cm³/mol. The molecule has 0 amide bonds. The molecule has 2 aliphatic rings. The number of hydrogen-bond donors (Lipinski definition) is 2. The Morgan fingerprint density at radius 3 is 2.55 bits per heavy atom. The Balaban J connectivity index is 1.69. The summed E-state index contributed by atoms with van der Waals surface area (Å²) < 4.78 is 0. The van der Waals surface area contributed by atoms with Crippen molar-refractivity contribution in [2.75, 3.05) is 24.6 Å². The lowest BCUT2D eigenvalue weighted by Gasteiger charge is -2.29. The first-order chi connectivity index (χ1) is 10.7. The molecule has 122 valence electrons. The van der Waals surface area contributed by atoms with E-state index in [1.165, 1.54) is 32.1 Å². The van der Waals surface area contributed by atoms with Crippen molar-refractivity contribution in [1.82, 2.24) is 15.3 Å². The van der Waals surface area contributed by atoms with Gasteiger partial charge in [0.15, 0.2) is 0 Å². The van der Waals surface area contributed by atoms with Crippen LogP contribution in [0.15, 0.2) is 6.07 Å². The molecule has 0 atom stereocenters. The van der Waals surface area contributed by atoms with Gasteiger partial charge in [0.1, 0.15) is 0 Å². The van der Waals surface area contributed by atoms with Gasteiger partial charge in [0.05, 0.1) is 12.3 Å². The molecule has 5 nitrogen and oxygen atoms in total. The van der Waals surface area contributed by atoms with Gasteiger partial charge in [-0.05, 0) is 45.1 Å². The van der Waals surface area contributed by atoms with Crippen molar-refractivity contribution in [2.45, 2.75) is 64.0 Å². The van der Waals surface area contributed by atoms with E-state index >= 15 is 0 Å². The van der Waals surface area contributed by atoms with Crippen molar-refractivity contribution < 1.29 is 5.11 Å². The van der Waals surface area contributed by atoms with Gasteiger partial charge >= 0.3 is 0 Å². The lowest BCUT2D eigenvalue weighted by Crippen LogP contribution is -2.45. The third-order valence-electron chi connectivity index (χ3n) is 5.04. The molecule has 0 spiro atoms. The highest BCUT2D eigenvalue weighted by Gasteiger charge is 2.32. The molecule has 0 bridgehead atoms. The fourth-order valence-electron chi connectivity index (χ4n) is 3.66. The van der Waals surface area contributed by atoms with Gasteiger partial charge in [0, 0.05) is 30.9 Å². The Bertz CT molecular complexity index is 493. The Morgan fingerprint density at radius 2 is 1.86 bits per heavy atom. The zero-order valence-electron chi connectivity index (χ0n) is 13.6. The minimum absolute atomic E-state index is 0.0931. The SMILES string of the molecule is Cc1cc(CNC2(CO)CCCC2)nc(N2CCCCC2)n1. The van der Waals surface area contributed by atoms with Gasteiger partial charge in [-0.25, -0.2) is 9.97 Å². The zero-order chi connectivity index (χ0) is 15.4. The third kappa shape index (κ3) is 3.58. The predicted octanol–water partition coefficient (Wildman–Crippen LogP) is 2.17. The molecule has 22 heavy (non-hydrogen) atoms. The van der Waals surface area contributed by atoms with Gasteiger partial charge in [-0.2, -0.15) is 0 Å². The van der Waals surface area contributed by atoms with Crippen molar-refractivity contribution in [3.8, 4) is 0 Å². The highest BCUT2D eigenvalue weighted by atomic mass is 16.3. The number of aromatic nitrogens is 2. The lowest BCUT2D eigenvalue weighted by atomic mass is 9.99. The smallest absolute Gasteiger partial charge is 0.225 e. The van der Waals surface area contributed by atoms with Gasteiger partial charge in [-0.15, -0.1) is 0 Å². The second-order valence-electron chi connectivity index (χ2n) is 6.85. The fourth-order valence-corrected chi connectivity index (χ4v) is 3.66. The Kier molecular flexibility index (Phi) is 4.93. The fraction of sp³-hybridized carbons (Fsp3) is 0.765. The van der Waals surface area contributed by atoms with E-state index in [0.29, 0.717) is 6.54 Å². The molecule has 1 saturated heterocycles. The molecular weight excluding hydrogens is 276 g/mol. The van der Waals surface area contributed by atoms with Crippen LogP contribution in [0.4, 0.5) is 5.95 Å². The molecule has 2 N–H and O–H groups in total. The first-order valence-corrected chi connectivity index (χ1v) is 8.66. The van der Waals surface area contributed by atoms with Crippen LogP contribution in [0.1, 0.15) is 56.3 Å². The molecular formula is C17H28N4O. The largest absolute Gasteiger partial charge is 0.394 e. The highest BCUT2D eigenvalue weighted by Crippen LogP contribution is 2.29. The molecule has 0 aromatic carbocycles. The van der Waals surface area contributed by atoms with E-state index in [-0.39, 0.29) is 12.1 Å². The van der Waals surface area contributed by atoms with Gasteiger partial charge in [0.2, 0.25) is 5.95 Å². The van der Waals surface area contributed by atoms with Crippen LogP contribution in [0.5, 0.6) is 0 Å². The van der Waals surface area contributed by atoms with Crippen LogP contribution in [0, 0.1) is 6.92 Å². The van der Waals surface area contributed by atoms with Gasteiger partial charge in [0.25, 0.3) is 0 Å². The maximum absolute atomic E-state index is 9.70. The van der Waals surface area contributed by atoms with Crippen LogP contribution in [0.2, 0.25) is 0 Å². The minimum atomic E-state index is -0.0931. The monoisotopic (exact) mass is 304 g/mol. The maximum Gasteiger partial charge on any atom is 0.225 e. The Labute approximate surface area is 133 Å². The summed E-state index contributed by atoms with van der Waals surface area (Å²) in [6.45, 7) is 5.10. The highest BCUT2D eigenvalue weighted by molar-refractivity contribution is 5.32. The van der Waals surface area contributed by atoms with Crippen LogP contribution < -0.4 is 10.2 Å². The van der Waals surface area contributed by atoms with Crippen molar-refractivity contribution in [1.29, 1.82) is 0 Å². The van der Waals surface area contributed by atoms with Crippen LogP contribution in [0.25, 0.3) is 0 Å². The number of aliphatic hydroxyl groups excluding tert-OH is 1. The molecule has 0 unspecified atom stereocenters. The standard InChI is InChI=1S/C17H28N4O/c1-14-11-15(12-18-17(13-22)7-3-4-8-17)20-16(19-14)21-9-5-2-6-10-21/h11,18,22H,2-10,12-13H2,1H3. The number of aryl methyl sites for hydroxylation is 1. The average Bonchev–Trinajstić information content (AvgIpc) is 3.03. The molecule has 0 radical (unpaired) electrons. The van der Waals surface area contributed by atoms with E-state index in [0.717, 1.165) is 43.3 Å². The zero-order valence-corrected chi connectivity index (χ0v) is 13.6.